The first kappa shape index (κ1) is 13.2. The van der Waals surface area contributed by atoms with E-state index in [9.17, 15) is 10.4 Å². The molecule has 2 aromatic heterocycles. The fourth-order valence-electron chi connectivity index (χ4n) is 3.13. The minimum Gasteiger partial charge on any atom is -0.389 e. The summed E-state index contributed by atoms with van der Waals surface area (Å²) < 4.78 is 2.00. The van der Waals surface area contributed by atoms with Crippen LogP contribution in [0.1, 0.15) is 30.9 Å². The monoisotopic (exact) mass is 269 g/mol. The van der Waals surface area contributed by atoms with Crippen LogP contribution in [-0.2, 0) is 6.54 Å². The number of nitriles is 1. The van der Waals surface area contributed by atoms with Gasteiger partial charge in [0.1, 0.15) is 6.07 Å². The lowest BCUT2D eigenvalue weighted by Crippen LogP contribution is -2.45. The molecule has 0 aromatic carbocycles. The SMILES string of the molecule is CC1(O)CCCN(Cc2cn3ccccc3c2C#N)C1. The molecule has 4 nitrogen and oxygen atoms in total. The summed E-state index contributed by atoms with van der Waals surface area (Å²) in [6, 6.07) is 8.20. The molecule has 1 N–H and O–H groups in total. The Kier molecular flexibility index (Phi) is 3.25. The van der Waals surface area contributed by atoms with E-state index in [1.807, 2.05) is 41.9 Å². The molecule has 0 bridgehead atoms. The Hall–Kier alpha value is -1.83. The van der Waals surface area contributed by atoms with Gasteiger partial charge in [-0.2, -0.15) is 5.26 Å². The number of hydrogen-bond acceptors (Lipinski definition) is 3. The van der Waals surface area contributed by atoms with E-state index < -0.39 is 5.60 Å². The average molecular weight is 269 g/mol. The molecule has 3 rings (SSSR count). The quantitative estimate of drug-likeness (QED) is 0.909. The molecule has 1 saturated heterocycles. The number of aliphatic hydroxyl groups is 1. The highest BCUT2D eigenvalue weighted by molar-refractivity contribution is 5.65. The summed E-state index contributed by atoms with van der Waals surface area (Å²) in [6.07, 6.45) is 5.85. The Labute approximate surface area is 118 Å². The molecule has 1 fully saturated rings. The summed E-state index contributed by atoms with van der Waals surface area (Å²) in [4.78, 5) is 2.24. The highest BCUT2D eigenvalue weighted by Crippen LogP contribution is 2.24. The fourth-order valence-corrected chi connectivity index (χ4v) is 3.13. The van der Waals surface area contributed by atoms with Gasteiger partial charge in [0, 0.05) is 31.0 Å². The zero-order valence-electron chi connectivity index (χ0n) is 11.7. The van der Waals surface area contributed by atoms with E-state index in [2.05, 4.69) is 11.0 Å². The van der Waals surface area contributed by atoms with Gasteiger partial charge in [-0.25, -0.2) is 0 Å². The van der Waals surface area contributed by atoms with Crippen LogP contribution < -0.4 is 0 Å². The van der Waals surface area contributed by atoms with Crippen molar-refractivity contribution in [1.82, 2.24) is 9.30 Å². The minimum absolute atomic E-state index is 0.607. The Bertz CT molecular complexity index is 666. The van der Waals surface area contributed by atoms with Crippen molar-refractivity contribution >= 4 is 5.52 Å². The third-order valence-corrected chi connectivity index (χ3v) is 4.02. The molecule has 1 unspecified atom stereocenters. The molecule has 0 saturated carbocycles. The van der Waals surface area contributed by atoms with E-state index in [0.29, 0.717) is 6.54 Å². The lowest BCUT2D eigenvalue weighted by atomic mass is 9.95. The predicted octanol–water partition coefficient (Wildman–Crippen LogP) is 2.16. The minimum atomic E-state index is -0.607. The first-order chi connectivity index (χ1) is 9.59. The number of nitrogens with zero attached hydrogens (tertiary/aromatic N) is 3. The van der Waals surface area contributed by atoms with E-state index in [4.69, 9.17) is 0 Å². The van der Waals surface area contributed by atoms with Crippen molar-refractivity contribution in [2.45, 2.75) is 31.9 Å². The molecule has 0 radical (unpaired) electrons. The second-order valence-electron chi connectivity index (χ2n) is 5.95. The molecular weight excluding hydrogens is 250 g/mol. The number of piperidine rings is 1. The molecule has 0 spiro atoms. The summed E-state index contributed by atoms with van der Waals surface area (Å²) in [5.74, 6) is 0. The van der Waals surface area contributed by atoms with Crippen LogP contribution in [0.25, 0.3) is 5.52 Å². The van der Waals surface area contributed by atoms with Gasteiger partial charge in [-0.05, 0) is 38.4 Å². The maximum Gasteiger partial charge on any atom is 0.102 e. The number of fused-ring (bicyclic) bond motifs is 1. The molecule has 1 atom stereocenters. The van der Waals surface area contributed by atoms with Gasteiger partial charge < -0.3 is 9.51 Å². The molecule has 3 heterocycles. The first-order valence-corrected chi connectivity index (χ1v) is 7.02. The molecule has 2 aromatic rings. The highest BCUT2D eigenvalue weighted by atomic mass is 16.3. The topological polar surface area (TPSA) is 51.7 Å². The second-order valence-corrected chi connectivity index (χ2v) is 5.95. The van der Waals surface area contributed by atoms with Crippen molar-refractivity contribution in [1.29, 1.82) is 5.26 Å². The van der Waals surface area contributed by atoms with Crippen LogP contribution in [0.5, 0.6) is 0 Å². The zero-order chi connectivity index (χ0) is 14.2. The average Bonchev–Trinajstić information content (AvgIpc) is 2.74. The third kappa shape index (κ3) is 2.43. The van der Waals surface area contributed by atoms with Crippen LogP contribution in [0.2, 0.25) is 0 Å². The van der Waals surface area contributed by atoms with Crippen LogP contribution in [0, 0.1) is 11.3 Å². The summed E-state index contributed by atoms with van der Waals surface area (Å²) in [7, 11) is 0. The van der Waals surface area contributed by atoms with Crippen molar-refractivity contribution in [2.24, 2.45) is 0 Å². The largest absolute Gasteiger partial charge is 0.389 e. The van der Waals surface area contributed by atoms with Crippen molar-refractivity contribution in [2.75, 3.05) is 13.1 Å². The van der Waals surface area contributed by atoms with Crippen LogP contribution in [0.15, 0.2) is 30.6 Å². The van der Waals surface area contributed by atoms with Gasteiger partial charge in [-0.3, -0.25) is 4.90 Å². The Morgan fingerprint density at radius 3 is 3.05 bits per heavy atom. The van der Waals surface area contributed by atoms with Gasteiger partial charge in [-0.1, -0.05) is 6.07 Å². The van der Waals surface area contributed by atoms with Gasteiger partial charge in [0.15, 0.2) is 0 Å². The van der Waals surface area contributed by atoms with E-state index in [-0.39, 0.29) is 0 Å². The molecule has 1 aliphatic rings. The van der Waals surface area contributed by atoms with Crippen molar-refractivity contribution < 1.29 is 5.11 Å². The van der Waals surface area contributed by atoms with Gasteiger partial charge in [-0.15, -0.1) is 0 Å². The van der Waals surface area contributed by atoms with Gasteiger partial charge in [0.25, 0.3) is 0 Å². The molecule has 104 valence electrons. The lowest BCUT2D eigenvalue weighted by molar-refractivity contribution is -0.0181. The van der Waals surface area contributed by atoms with Crippen LogP contribution in [0.3, 0.4) is 0 Å². The van der Waals surface area contributed by atoms with Crippen molar-refractivity contribution in [3.05, 3.63) is 41.7 Å². The summed E-state index contributed by atoms with van der Waals surface area (Å²) in [6.45, 7) is 4.26. The molecule has 0 aliphatic carbocycles. The standard InChI is InChI=1S/C16H19N3O/c1-16(20)6-4-7-18(12-16)10-13-11-19-8-3-2-5-15(19)14(13)9-17/h2-3,5,8,11,20H,4,6-7,10,12H2,1H3. The Morgan fingerprint density at radius 2 is 2.30 bits per heavy atom. The molecule has 20 heavy (non-hydrogen) atoms. The van der Waals surface area contributed by atoms with Crippen molar-refractivity contribution in [3.8, 4) is 6.07 Å². The lowest BCUT2D eigenvalue weighted by Gasteiger charge is -2.36. The Morgan fingerprint density at radius 1 is 1.45 bits per heavy atom. The smallest absolute Gasteiger partial charge is 0.102 e. The number of β-amino-alcohol motifs (C(OH)–C–C–N with tert-alkyl or cyclic N) is 1. The fraction of sp³-hybridized carbons (Fsp3) is 0.438. The highest BCUT2D eigenvalue weighted by Gasteiger charge is 2.28. The van der Waals surface area contributed by atoms with Crippen LogP contribution >= 0.6 is 0 Å². The third-order valence-electron chi connectivity index (χ3n) is 4.02. The predicted molar refractivity (Wildman–Crippen MR) is 77.2 cm³/mol. The normalized spacial score (nSPS) is 23.9. The van der Waals surface area contributed by atoms with Gasteiger partial charge in [0.05, 0.1) is 16.7 Å². The number of hydrogen-bond donors (Lipinski definition) is 1. The molecule has 0 amide bonds. The number of likely N-dealkylation sites (tertiary alicyclic amines) is 1. The second kappa shape index (κ2) is 4.93. The number of pyridine rings is 1. The number of aromatic nitrogens is 1. The van der Waals surface area contributed by atoms with Crippen LogP contribution in [-0.4, -0.2) is 33.1 Å². The van der Waals surface area contributed by atoms with Crippen LogP contribution in [0.4, 0.5) is 0 Å². The van der Waals surface area contributed by atoms with Gasteiger partial charge in [0.2, 0.25) is 0 Å². The molecule has 1 aliphatic heterocycles. The molecule has 4 heteroatoms. The maximum absolute atomic E-state index is 10.2. The van der Waals surface area contributed by atoms with E-state index in [0.717, 1.165) is 42.6 Å². The van der Waals surface area contributed by atoms with E-state index in [1.165, 1.54) is 0 Å². The van der Waals surface area contributed by atoms with E-state index in [1.54, 1.807) is 0 Å². The van der Waals surface area contributed by atoms with Crippen molar-refractivity contribution in [3.63, 3.8) is 0 Å². The summed E-state index contributed by atoms with van der Waals surface area (Å²) in [5.41, 5.74) is 2.13. The molecular formula is C16H19N3O. The number of rotatable bonds is 2. The Balaban J connectivity index is 1.89. The van der Waals surface area contributed by atoms with E-state index >= 15 is 0 Å². The zero-order valence-corrected chi connectivity index (χ0v) is 11.7. The maximum atomic E-state index is 10.2. The summed E-state index contributed by atoms with van der Waals surface area (Å²) >= 11 is 0. The first-order valence-electron chi connectivity index (χ1n) is 7.02. The van der Waals surface area contributed by atoms with Gasteiger partial charge >= 0.3 is 0 Å². The summed E-state index contributed by atoms with van der Waals surface area (Å²) in [5, 5.41) is 19.6.